The Balaban J connectivity index is 0.000000575. The summed E-state index contributed by atoms with van der Waals surface area (Å²) in [5, 5.41) is 0. The topological polar surface area (TPSA) is 110 Å². The van der Waals surface area contributed by atoms with Crippen LogP contribution >= 0.6 is 0 Å². The lowest BCUT2D eigenvalue weighted by atomic mass is 10.1. The summed E-state index contributed by atoms with van der Waals surface area (Å²) in [6, 6.07) is 21.0. The predicted molar refractivity (Wildman–Crippen MR) is 102 cm³/mol. The van der Waals surface area contributed by atoms with Gasteiger partial charge in [0, 0.05) is 5.56 Å². The van der Waals surface area contributed by atoms with E-state index in [9.17, 15) is 0 Å². The van der Waals surface area contributed by atoms with Crippen molar-refractivity contribution in [3.8, 4) is 28.3 Å². The lowest BCUT2D eigenvalue weighted by molar-refractivity contribution is -2.00. The Morgan fingerprint density at radius 2 is 1.37 bits per heavy atom. The van der Waals surface area contributed by atoms with Gasteiger partial charge in [0.15, 0.2) is 12.7 Å². The average Bonchev–Trinajstić information content (AvgIpc) is 2.95. The normalized spacial score (nSPS) is 11.0. The minimum absolute atomic E-state index is 0.748. The largest absolute Gasteiger partial charge is 0.485 e. The van der Waals surface area contributed by atoms with Crippen LogP contribution in [0.4, 0.5) is 0 Å². The van der Waals surface area contributed by atoms with Crippen LogP contribution < -0.4 is 28.1 Å². The van der Waals surface area contributed by atoms with E-state index in [0.29, 0.717) is 0 Å². The number of halogens is 1. The fraction of sp³-hybridized carbons (Fsp3) is 0.318. The third-order valence-corrected chi connectivity index (χ3v) is 4.62. The molecule has 162 valence electrons. The van der Waals surface area contributed by atoms with Crippen molar-refractivity contribution < 1.29 is 38.3 Å². The van der Waals surface area contributed by atoms with Crippen LogP contribution in [0.2, 0.25) is 0 Å². The Labute approximate surface area is 179 Å². The molecule has 0 spiro atoms. The molecule has 0 saturated heterocycles. The number of unbranched alkanes of at least 4 members (excludes halogenated alkanes) is 2. The number of hydrogen-bond donors (Lipinski definition) is 0. The molecule has 0 radical (unpaired) electrons. The molecule has 0 fully saturated rings. The molecule has 0 amide bonds. The quantitative estimate of drug-likeness (QED) is 0.384. The second-order valence-corrected chi connectivity index (χ2v) is 7.50. The Morgan fingerprint density at radius 3 is 1.87 bits per heavy atom. The van der Waals surface area contributed by atoms with Crippen molar-refractivity contribution in [2.75, 3.05) is 6.61 Å². The first kappa shape index (κ1) is 23.9. The molecule has 0 unspecified atom stereocenters. The van der Waals surface area contributed by atoms with Crippen LogP contribution in [0.15, 0.2) is 60.7 Å². The van der Waals surface area contributed by atoms with Crippen LogP contribution in [0.1, 0.15) is 26.2 Å². The van der Waals surface area contributed by atoms with Crippen molar-refractivity contribution in [3.63, 3.8) is 0 Å². The van der Waals surface area contributed by atoms with Gasteiger partial charge in [-0.1, -0.05) is 68.3 Å². The van der Waals surface area contributed by atoms with Crippen LogP contribution in [0, 0.1) is 10.2 Å². The van der Waals surface area contributed by atoms with Crippen LogP contribution in [0.5, 0.6) is 5.75 Å². The number of hydrogen-bond acceptors (Lipinski definition) is 5. The molecule has 0 aliphatic carbocycles. The van der Waals surface area contributed by atoms with Gasteiger partial charge in [-0.25, -0.2) is 18.6 Å². The third-order valence-electron chi connectivity index (χ3n) is 4.62. The number of benzene rings is 2. The van der Waals surface area contributed by atoms with Gasteiger partial charge in [0.1, 0.15) is 0 Å². The summed E-state index contributed by atoms with van der Waals surface area (Å²) in [4.78, 5) is 0. The van der Waals surface area contributed by atoms with Crippen molar-refractivity contribution in [3.05, 3.63) is 60.7 Å². The maximum Gasteiger partial charge on any atom is 0.280 e. The summed E-state index contributed by atoms with van der Waals surface area (Å²) in [6.07, 6.45) is 3.47. The molecule has 8 heteroatoms. The van der Waals surface area contributed by atoms with E-state index in [2.05, 4.69) is 78.9 Å². The highest BCUT2D eigenvalue weighted by molar-refractivity contribution is 5.76. The van der Waals surface area contributed by atoms with Gasteiger partial charge in [0.05, 0.1) is 19.2 Å². The van der Waals surface area contributed by atoms with Gasteiger partial charge < -0.3 is 4.74 Å². The highest BCUT2D eigenvalue weighted by Crippen LogP contribution is 2.37. The Bertz CT molecular complexity index is 840. The SMILES string of the molecule is CCCCCOc1c(-c2ccccc2)n(C)[n+](C)c1-c1ccccc1.[O-][Cl+3]([O-])([O-])[O-]. The van der Waals surface area contributed by atoms with Gasteiger partial charge in [0.2, 0.25) is 5.75 Å². The van der Waals surface area contributed by atoms with E-state index >= 15 is 0 Å². The van der Waals surface area contributed by atoms with Gasteiger partial charge in [-0.15, -0.1) is 14.9 Å². The summed E-state index contributed by atoms with van der Waals surface area (Å²) in [5.41, 5.74) is 4.60. The first-order valence-corrected chi connectivity index (χ1v) is 10.9. The number of nitrogens with zero attached hydrogens (tertiary/aromatic N) is 2. The Morgan fingerprint density at radius 1 is 0.867 bits per heavy atom. The zero-order valence-electron chi connectivity index (χ0n) is 17.4. The lowest BCUT2D eigenvalue weighted by Gasteiger charge is -2.17. The Hall–Kier alpha value is -2.42. The van der Waals surface area contributed by atoms with E-state index in [4.69, 9.17) is 23.4 Å². The van der Waals surface area contributed by atoms with Gasteiger partial charge in [0.25, 0.3) is 5.69 Å². The zero-order chi connectivity index (χ0) is 22.1. The van der Waals surface area contributed by atoms with Gasteiger partial charge >= 0.3 is 0 Å². The first-order chi connectivity index (χ1) is 14.2. The second-order valence-electron chi connectivity index (χ2n) is 6.74. The maximum absolute atomic E-state index is 8.49. The lowest BCUT2D eigenvalue weighted by Crippen LogP contribution is -2.68. The van der Waals surface area contributed by atoms with Crippen molar-refractivity contribution in [2.24, 2.45) is 14.1 Å². The molecule has 30 heavy (non-hydrogen) atoms. The Kier molecular flexibility index (Phi) is 8.83. The fourth-order valence-corrected chi connectivity index (χ4v) is 3.20. The fourth-order valence-electron chi connectivity index (χ4n) is 3.20. The molecule has 2 aromatic carbocycles. The molecule has 0 atom stereocenters. The molecule has 3 rings (SSSR count). The highest BCUT2D eigenvalue weighted by Gasteiger charge is 2.29. The average molecular weight is 435 g/mol. The minimum Gasteiger partial charge on any atom is -0.485 e. The predicted octanol–water partition coefficient (Wildman–Crippen LogP) is -0.00340. The maximum atomic E-state index is 8.49. The van der Waals surface area contributed by atoms with Gasteiger partial charge in [-0.05, 0) is 18.6 Å². The third kappa shape index (κ3) is 6.83. The molecule has 1 aromatic heterocycles. The minimum atomic E-state index is -4.94. The molecule has 0 saturated carbocycles. The molecule has 3 aromatic rings. The van der Waals surface area contributed by atoms with Crippen LogP contribution in [0.25, 0.3) is 22.5 Å². The summed E-state index contributed by atoms with van der Waals surface area (Å²) in [7, 11) is -0.763. The molecule has 0 aliphatic heterocycles. The summed E-state index contributed by atoms with van der Waals surface area (Å²) in [6.45, 7) is 2.96. The smallest absolute Gasteiger partial charge is 0.280 e. The second kappa shape index (κ2) is 11.1. The van der Waals surface area contributed by atoms with Crippen LogP contribution in [-0.4, -0.2) is 11.3 Å². The van der Waals surface area contributed by atoms with E-state index in [1.54, 1.807) is 0 Å². The molecular weight excluding hydrogens is 408 g/mol. The van der Waals surface area contributed by atoms with E-state index in [0.717, 1.165) is 30.2 Å². The monoisotopic (exact) mass is 434 g/mol. The van der Waals surface area contributed by atoms with Gasteiger partial charge in [-0.3, -0.25) is 0 Å². The molecule has 0 bridgehead atoms. The van der Waals surface area contributed by atoms with E-state index in [1.807, 2.05) is 12.1 Å². The van der Waals surface area contributed by atoms with E-state index in [1.165, 1.54) is 24.0 Å². The molecule has 0 N–H and O–H groups in total. The molecule has 0 aliphatic rings. The zero-order valence-corrected chi connectivity index (χ0v) is 18.2. The van der Waals surface area contributed by atoms with Crippen molar-refractivity contribution >= 4 is 0 Å². The summed E-state index contributed by atoms with van der Waals surface area (Å²) in [5.74, 6) is 0.971. The number of aromatic nitrogens is 2. The van der Waals surface area contributed by atoms with Gasteiger partial charge in [-0.2, -0.15) is 4.68 Å². The standard InChI is InChI=1S/C22H27N2O.ClHO4/c1-4-5-12-17-25-22-20(18-13-8-6-9-14-18)23(2)24(3)21(22)19-15-10-7-11-16-19;2-1(3,4)5/h6-11,13-16H,4-5,12,17H2,1-3H3;(H,2,3,4,5)/q+1;/p-1. The molecular formula is C22H27ClN2O5. The molecule has 1 heterocycles. The van der Waals surface area contributed by atoms with Crippen molar-refractivity contribution in [1.82, 2.24) is 4.68 Å². The molecule has 7 nitrogen and oxygen atoms in total. The first-order valence-electron chi connectivity index (χ1n) is 9.68. The van der Waals surface area contributed by atoms with Crippen molar-refractivity contribution in [2.45, 2.75) is 26.2 Å². The number of rotatable bonds is 7. The van der Waals surface area contributed by atoms with E-state index in [-0.39, 0.29) is 0 Å². The summed E-state index contributed by atoms with van der Waals surface area (Å²) < 4.78 is 44.7. The highest BCUT2D eigenvalue weighted by atomic mass is 35.7. The van der Waals surface area contributed by atoms with Crippen LogP contribution in [-0.2, 0) is 14.1 Å². The summed E-state index contributed by atoms with van der Waals surface area (Å²) >= 11 is 0. The van der Waals surface area contributed by atoms with Crippen LogP contribution in [0.3, 0.4) is 0 Å². The number of ether oxygens (including phenoxy) is 1. The van der Waals surface area contributed by atoms with E-state index < -0.39 is 10.2 Å². The van der Waals surface area contributed by atoms with Crippen molar-refractivity contribution in [1.29, 1.82) is 0 Å².